The van der Waals surface area contributed by atoms with Crippen LogP contribution in [0.4, 0.5) is 5.69 Å². The summed E-state index contributed by atoms with van der Waals surface area (Å²) in [6.45, 7) is 12.8. The van der Waals surface area contributed by atoms with Crippen molar-refractivity contribution in [3.8, 4) is 44.8 Å². The molecule has 0 spiro atoms. The maximum Gasteiger partial charge on any atom is 0.197 e. The number of pyridine rings is 1. The van der Waals surface area contributed by atoms with Crippen LogP contribution >= 0.6 is 0 Å². The lowest BCUT2D eigenvalue weighted by atomic mass is 9.99. The Hall–Kier alpha value is -7.22. The Bertz CT molecular complexity index is 3140. The van der Waals surface area contributed by atoms with Gasteiger partial charge in [-0.25, -0.2) is 4.85 Å². The van der Waals surface area contributed by atoms with Crippen molar-refractivity contribution in [3.05, 3.63) is 193 Å². The van der Waals surface area contributed by atoms with Crippen LogP contribution < -0.4 is 0 Å². The van der Waals surface area contributed by atoms with Gasteiger partial charge in [0.1, 0.15) is 0 Å². The smallest absolute Gasteiger partial charge is 0.197 e. The average molecular weight is 691 g/mol. The van der Waals surface area contributed by atoms with Crippen molar-refractivity contribution in [3.63, 3.8) is 0 Å². The molecule has 254 valence electrons. The van der Waals surface area contributed by atoms with E-state index in [1.165, 1.54) is 43.8 Å². The molecule has 0 amide bonds. The first-order valence-electron chi connectivity index (χ1n) is 18.2. The van der Waals surface area contributed by atoms with Crippen molar-refractivity contribution in [1.29, 1.82) is 0 Å². The molecule has 7 aromatic carbocycles. The van der Waals surface area contributed by atoms with Gasteiger partial charge < -0.3 is 9.13 Å². The average Bonchev–Trinajstić information content (AvgIpc) is 3.73. The number of nitrogens with zero attached hydrogens (tertiary/aromatic N) is 4. The second-order valence-electron chi connectivity index (χ2n) is 14.0. The van der Waals surface area contributed by atoms with Crippen molar-refractivity contribution in [2.24, 2.45) is 0 Å². The van der Waals surface area contributed by atoms with Crippen LogP contribution in [0.3, 0.4) is 0 Å². The topological polar surface area (TPSA) is 27.1 Å². The normalized spacial score (nSPS) is 11.5. The number of para-hydroxylation sites is 2. The molecule has 0 aliphatic carbocycles. The third-order valence-electron chi connectivity index (χ3n) is 10.9. The second-order valence-corrected chi connectivity index (χ2v) is 14.0. The first-order chi connectivity index (χ1) is 26.6. The van der Waals surface area contributed by atoms with E-state index in [1.54, 1.807) is 12.4 Å². The second kappa shape index (κ2) is 12.5. The molecule has 0 fully saturated rings. The predicted octanol–water partition coefficient (Wildman–Crippen LogP) is 13.4. The lowest BCUT2D eigenvalue weighted by molar-refractivity contribution is 1.10. The van der Waals surface area contributed by atoms with Gasteiger partial charge in [0.15, 0.2) is 5.69 Å². The zero-order valence-electron chi connectivity index (χ0n) is 30.0. The molecular formula is C50H34N4. The van der Waals surface area contributed by atoms with E-state index in [2.05, 4.69) is 178 Å². The predicted molar refractivity (Wildman–Crippen MR) is 225 cm³/mol. The summed E-state index contributed by atoms with van der Waals surface area (Å²) >= 11 is 0. The standard InChI is InChI=1S/C50H34N4/c1-32-12-4-6-14-37(32)35-20-22-41-39-16-8-10-18-45(39)53(47(41)28-35)49-30-43(34-24-26-52-27-25-34)44(51-3)31-50(49)54-46-19-11-9-17-40(46)42-23-21-36(29-48(42)54)38-15-7-5-13-33(38)2/h4-31H,1-2H3. The van der Waals surface area contributed by atoms with Crippen molar-refractivity contribution >= 4 is 49.3 Å². The van der Waals surface area contributed by atoms with E-state index in [1.807, 2.05) is 12.1 Å². The lowest BCUT2D eigenvalue weighted by Gasteiger charge is -2.20. The molecule has 10 aromatic rings. The molecule has 0 saturated carbocycles. The van der Waals surface area contributed by atoms with Crippen LogP contribution in [0.25, 0.3) is 93.2 Å². The van der Waals surface area contributed by atoms with Gasteiger partial charge in [-0.2, -0.15) is 0 Å². The zero-order chi connectivity index (χ0) is 36.3. The fourth-order valence-corrected chi connectivity index (χ4v) is 8.37. The Morgan fingerprint density at radius 1 is 0.426 bits per heavy atom. The molecule has 3 aromatic heterocycles. The van der Waals surface area contributed by atoms with Gasteiger partial charge in [-0.3, -0.25) is 4.98 Å². The summed E-state index contributed by atoms with van der Waals surface area (Å²) in [6.07, 6.45) is 3.59. The first kappa shape index (κ1) is 31.5. The van der Waals surface area contributed by atoms with Gasteiger partial charge in [-0.05, 0) is 107 Å². The summed E-state index contributed by atoms with van der Waals surface area (Å²) in [5, 5.41) is 4.69. The Labute approximate surface area is 313 Å². The molecule has 4 nitrogen and oxygen atoms in total. The van der Waals surface area contributed by atoms with Crippen LogP contribution in [0.5, 0.6) is 0 Å². The number of fused-ring (bicyclic) bond motifs is 6. The monoisotopic (exact) mass is 690 g/mol. The summed E-state index contributed by atoms with van der Waals surface area (Å²) in [4.78, 5) is 8.48. The molecule has 54 heavy (non-hydrogen) atoms. The largest absolute Gasteiger partial charge is 0.308 e. The highest BCUT2D eigenvalue weighted by molar-refractivity contribution is 6.13. The van der Waals surface area contributed by atoms with Gasteiger partial charge >= 0.3 is 0 Å². The number of aromatic nitrogens is 3. The highest BCUT2D eigenvalue weighted by Crippen LogP contribution is 2.44. The molecule has 0 atom stereocenters. The van der Waals surface area contributed by atoms with Gasteiger partial charge in [-0.1, -0.05) is 109 Å². The SMILES string of the molecule is [C-]#[N+]c1cc(-n2c3ccccc3c3ccc(-c4ccccc4C)cc32)c(-n2c3ccccc3c3ccc(-c4ccccc4C)cc32)cc1-c1ccncc1. The van der Waals surface area contributed by atoms with E-state index in [0.29, 0.717) is 5.69 Å². The summed E-state index contributed by atoms with van der Waals surface area (Å²) in [5.74, 6) is 0. The molecule has 0 radical (unpaired) electrons. The van der Waals surface area contributed by atoms with Gasteiger partial charge in [0.25, 0.3) is 0 Å². The van der Waals surface area contributed by atoms with Crippen molar-refractivity contribution in [1.82, 2.24) is 14.1 Å². The molecule has 0 aliphatic heterocycles. The Morgan fingerprint density at radius 3 is 1.41 bits per heavy atom. The molecular weight excluding hydrogens is 657 g/mol. The van der Waals surface area contributed by atoms with E-state index in [0.717, 1.165) is 55.7 Å². The third-order valence-corrected chi connectivity index (χ3v) is 10.9. The minimum Gasteiger partial charge on any atom is -0.308 e. The summed E-state index contributed by atoms with van der Waals surface area (Å²) in [7, 11) is 0. The van der Waals surface area contributed by atoms with E-state index in [-0.39, 0.29) is 0 Å². The maximum absolute atomic E-state index is 8.50. The van der Waals surface area contributed by atoms with Crippen LogP contribution in [0.15, 0.2) is 170 Å². The fraction of sp³-hybridized carbons (Fsp3) is 0.0400. The first-order valence-corrected chi connectivity index (χ1v) is 18.2. The van der Waals surface area contributed by atoms with Crippen molar-refractivity contribution in [2.75, 3.05) is 0 Å². The van der Waals surface area contributed by atoms with E-state index >= 15 is 0 Å². The molecule has 0 unspecified atom stereocenters. The van der Waals surface area contributed by atoms with Gasteiger partial charge in [0, 0.05) is 33.9 Å². The molecule has 0 N–H and O–H groups in total. The number of rotatable bonds is 5. The number of hydrogen-bond acceptors (Lipinski definition) is 1. The zero-order valence-corrected chi connectivity index (χ0v) is 30.0. The van der Waals surface area contributed by atoms with Crippen molar-refractivity contribution in [2.45, 2.75) is 13.8 Å². The summed E-state index contributed by atoms with van der Waals surface area (Å²) in [6, 6.07) is 56.4. The van der Waals surface area contributed by atoms with Gasteiger partial charge in [0.2, 0.25) is 0 Å². The molecule has 10 rings (SSSR count). The van der Waals surface area contributed by atoms with Crippen molar-refractivity contribution < 1.29 is 0 Å². The number of benzene rings is 7. The van der Waals surface area contributed by atoms with Crippen LogP contribution in [-0.4, -0.2) is 14.1 Å². The Kier molecular flexibility index (Phi) is 7.28. The summed E-state index contributed by atoms with van der Waals surface area (Å²) < 4.78 is 4.78. The van der Waals surface area contributed by atoms with Crippen LogP contribution in [0.1, 0.15) is 11.1 Å². The van der Waals surface area contributed by atoms with E-state index in [9.17, 15) is 0 Å². The minimum absolute atomic E-state index is 0.585. The van der Waals surface area contributed by atoms with Crippen LogP contribution in [-0.2, 0) is 0 Å². The van der Waals surface area contributed by atoms with Gasteiger partial charge in [0.05, 0.1) is 40.0 Å². The highest BCUT2D eigenvalue weighted by atomic mass is 15.1. The van der Waals surface area contributed by atoms with Crippen LogP contribution in [0, 0.1) is 20.4 Å². The maximum atomic E-state index is 8.50. The van der Waals surface area contributed by atoms with Gasteiger partial charge in [-0.15, -0.1) is 0 Å². The Balaban J connectivity index is 1.37. The molecule has 0 saturated heterocycles. The lowest BCUT2D eigenvalue weighted by Crippen LogP contribution is -2.04. The molecule has 0 aliphatic rings. The number of aryl methyl sites for hydroxylation is 2. The van der Waals surface area contributed by atoms with Crippen LogP contribution in [0.2, 0.25) is 0 Å². The third kappa shape index (κ3) is 4.87. The molecule has 4 heteroatoms. The fourth-order valence-electron chi connectivity index (χ4n) is 8.37. The summed E-state index contributed by atoms with van der Waals surface area (Å²) in [5.41, 5.74) is 15.9. The number of hydrogen-bond donors (Lipinski definition) is 0. The Morgan fingerprint density at radius 2 is 0.889 bits per heavy atom. The minimum atomic E-state index is 0.585. The molecule has 3 heterocycles. The quantitative estimate of drug-likeness (QED) is 0.165. The molecule has 0 bridgehead atoms. The highest BCUT2D eigenvalue weighted by Gasteiger charge is 2.23. The van der Waals surface area contributed by atoms with E-state index in [4.69, 9.17) is 6.57 Å². The van der Waals surface area contributed by atoms with E-state index < -0.39 is 0 Å².